The number of benzene rings is 3. The maximum Gasteiger partial charge on any atom is 0.00104 e. The SMILES string of the molecule is CC(N)CCCC(C)(C)c1ccc2c(C(C)(C)CCCC(C)N)cc3ccccc3c2c1. The first-order valence-corrected chi connectivity index (χ1v) is 12.5. The lowest BCUT2D eigenvalue weighted by molar-refractivity contribution is 0.439. The third-order valence-corrected chi connectivity index (χ3v) is 7.29. The summed E-state index contributed by atoms with van der Waals surface area (Å²) < 4.78 is 0. The van der Waals surface area contributed by atoms with Crippen LogP contribution in [0.2, 0.25) is 0 Å². The number of rotatable bonds is 10. The highest BCUT2D eigenvalue weighted by Crippen LogP contribution is 2.40. The number of fused-ring (bicyclic) bond motifs is 3. The predicted molar refractivity (Wildman–Crippen MR) is 143 cm³/mol. The van der Waals surface area contributed by atoms with Gasteiger partial charge in [-0.1, -0.05) is 76.9 Å². The second-order valence-corrected chi connectivity index (χ2v) is 11.4. The Kier molecular flexibility index (Phi) is 7.68. The van der Waals surface area contributed by atoms with Gasteiger partial charge >= 0.3 is 0 Å². The molecule has 0 bridgehead atoms. The van der Waals surface area contributed by atoms with Gasteiger partial charge in [0.2, 0.25) is 0 Å². The molecule has 0 saturated carbocycles. The summed E-state index contributed by atoms with van der Waals surface area (Å²) >= 11 is 0. The van der Waals surface area contributed by atoms with E-state index in [1.807, 2.05) is 0 Å². The van der Waals surface area contributed by atoms with Crippen molar-refractivity contribution in [3.05, 3.63) is 59.7 Å². The van der Waals surface area contributed by atoms with Crippen molar-refractivity contribution in [2.75, 3.05) is 0 Å². The highest BCUT2D eigenvalue weighted by atomic mass is 14.6. The van der Waals surface area contributed by atoms with Gasteiger partial charge in [0.25, 0.3) is 0 Å². The molecule has 2 unspecified atom stereocenters. The predicted octanol–water partition coefficient (Wildman–Crippen LogP) is 7.58. The third-order valence-electron chi connectivity index (χ3n) is 7.29. The normalized spacial score (nSPS) is 14.8. The van der Waals surface area contributed by atoms with Crippen LogP contribution in [-0.4, -0.2) is 12.1 Å². The van der Waals surface area contributed by atoms with Crippen LogP contribution >= 0.6 is 0 Å². The Morgan fingerprint density at radius 3 is 1.91 bits per heavy atom. The Hall–Kier alpha value is -1.90. The molecule has 4 N–H and O–H groups in total. The molecule has 2 nitrogen and oxygen atoms in total. The Morgan fingerprint density at radius 1 is 0.688 bits per heavy atom. The second kappa shape index (κ2) is 9.93. The molecule has 0 aliphatic rings. The average Bonchev–Trinajstić information content (AvgIpc) is 2.71. The van der Waals surface area contributed by atoms with Crippen LogP contribution in [0.1, 0.15) is 91.2 Å². The molecule has 0 aromatic heterocycles. The molecule has 0 aliphatic carbocycles. The minimum atomic E-state index is 0.103. The molecule has 2 atom stereocenters. The van der Waals surface area contributed by atoms with Gasteiger partial charge < -0.3 is 11.5 Å². The summed E-state index contributed by atoms with van der Waals surface area (Å²) in [4.78, 5) is 0. The molecule has 3 rings (SSSR count). The lowest BCUT2D eigenvalue weighted by Crippen LogP contribution is -2.21. The van der Waals surface area contributed by atoms with Crippen LogP contribution < -0.4 is 11.5 Å². The van der Waals surface area contributed by atoms with E-state index in [-0.39, 0.29) is 22.9 Å². The summed E-state index contributed by atoms with van der Waals surface area (Å²) in [6.07, 6.45) is 6.78. The fourth-order valence-corrected chi connectivity index (χ4v) is 5.10. The fourth-order valence-electron chi connectivity index (χ4n) is 5.10. The van der Waals surface area contributed by atoms with Gasteiger partial charge in [-0.2, -0.15) is 0 Å². The minimum absolute atomic E-state index is 0.103. The number of hydrogen-bond acceptors (Lipinski definition) is 2. The van der Waals surface area contributed by atoms with E-state index in [2.05, 4.69) is 90.1 Å². The summed E-state index contributed by atoms with van der Waals surface area (Å²) in [5.41, 5.74) is 15.1. The van der Waals surface area contributed by atoms with Crippen LogP contribution in [0.4, 0.5) is 0 Å². The van der Waals surface area contributed by atoms with Crippen LogP contribution in [-0.2, 0) is 10.8 Å². The van der Waals surface area contributed by atoms with Crippen molar-refractivity contribution in [3.8, 4) is 0 Å². The number of hydrogen-bond donors (Lipinski definition) is 2. The van der Waals surface area contributed by atoms with E-state index in [1.165, 1.54) is 32.7 Å². The summed E-state index contributed by atoms with van der Waals surface area (Å²) in [5.74, 6) is 0. The van der Waals surface area contributed by atoms with Crippen molar-refractivity contribution in [2.45, 2.75) is 103 Å². The van der Waals surface area contributed by atoms with Crippen molar-refractivity contribution < 1.29 is 0 Å². The molecule has 0 fully saturated rings. The summed E-state index contributed by atoms with van der Waals surface area (Å²) in [5, 5.41) is 5.47. The Bertz CT molecular complexity index is 1040. The van der Waals surface area contributed by atoms with Crippen molar-refractivity contribution in [1.29, 1.82) is 0 Å². The summed E-state index contributed by atoms with van der Waals surface area (Å²) in [6, 6.07) is 19.0. The smallest absolute Gasteiger partial charge is 0.00104 e. The van der Waals surface area contributed by atoms with Crippen LogP contribution in [0.15, 0.2) is 48.5 Å². The number of nitrogens with two attached hydrogens (primary N) is 2. The van der Waals surface area contributed by atoms with E-state index >= 15 is 0 Å². The van der Waals surface area contributed by atoms with Crippen LogP contribution in [0.3, 0.4) is 0 Å². The second-order valence-electron chi connectivity index (χ2n) is 11.4. The van der Waals surface area contributed by atoms with Crippen molar-refractivity contribution >= 4 is 21.5 Å². The van der Waals surface area contributed by atoms with E-state index in [9.17, 15) is 0 Å². The lowest BCUT2D eigenvalue weighted by atomic mass is 9.75. The maximum absolute atomic E-state index is 6.03. The molecule has 32 heavy (non-hydrogen) atoms. The Morgan fingerprint density at radius 2 is 1.28 bits per heavy atom. The van der Waals surface area contributed by atoms with Crippen molar-refractivity contribution in [1.82, 2.24) is 0 Å². The maximum atomic E-state index is 6.03. The molecule has 2 heteroatoms. The molecule has 3 aromatic rings. The van der Waals surface area contributed by atoms with Gasteiger partial charge in [-0.05, 0) is 95.2 Å². The van der Waals surface area contributed by atoms with E-state index in [1.54, 1.807) is 0 Å². The molecule has 0 heterocycles. The first kappa shape index (κ1) is 24.7. The highest BCUT2D eigenvalue weighted by molar-refractivity contribution is 6.09. The van der Waals surface area contributed by atoms with E-state index in [0.717, 1.165) is 38.5 Å². The average molecular weight is 433 g/mol. The largest absolute Gasteiger partial charge is 0.328 e. The van der Waals surface area contributed by atoms with Gasteiger partial charge in [0.15, 0.2) is 0 Å². The van der Waals surface area contributed by atoms with Crippen LogP contribution in [0.5, 0.6) is 0 Å². The molecule has 174 valence electrons. The molecule has 0 aliphatic heterocycles. The van der Waals surface area contributed by atoms with E-state index in [4.69, 9.17) is 11.5 Å². The van der Waals surface area contributed by atoms with Crippen LogP contribution in [0.25, 0.3) is 21.5 Å². The molecule has 0 amide bonds. The first-order valence-electron chi connectivity index (χ1n) is 12.5. The van der Waals surface area contributed by atoms with Gasteiger partial charge in [-0.25, -0.2) is 0 Å². The standard InChI is InChI=1S/C30H44N2/c1-21(31)11-9-17-29(3,4)24-15-16-26-27(20-24)25-14-8-7-13-23(25)19-28(26)30(5,6)18-10-12-22(2)32/h7-8,13-16,19-22H,9-12,17-18,31-32H2,1-6H3. The van der Waals surface area contributed by atoms with Gasteiger partial charge in [0, 0.05) is 12.1 Å². The zero-order valence-electron chi connectivity index (χ0n) is 21.2. The van der Waals surface area contributed by atoms with Crippen molar-refractivity contribution in [3.63, 3.8) is 0 Å². The molecule has 0 spiro atoms. The quantitative estimate of drug-likeness (QED) is 0.324. The first-order chi connectivity index (χ1) is 15.0. The van der Waals surface area contributed by atoms with E-state index in [0.29, 0.717) is 0 Å². The molecule has 0 saturated heterocycles. The van der Waals surface area contributed by atoms with Gasteiger partial charge in [-0.3, -0.25) is 0 Å². The third kappa shape index (κ3) is 5.71. The topological polar surface area (TPSA) is 52.0 Å². The summed E-state index contributed by atoms with van der Waals surface area (Å²) in [6.45, 7) is 13.7. The monoisotopic (exact) mass is 432 g/mol. The zero-order valence-corrected chi connectivity index (χ0v) is 21.2. The van der Waals surface area contributed by atoms with Gasteiger partial charge in [0.1, 0.15) is 0 Å². The Balaban J connectivity index is 2.07. The van der Waals surface area contributed by atoms with Gasteiger partial charge in [-0.15, -0.1) is 0 Å². The molecular formula is C30H44N2. The van der Waals surface area contributed by atoms with E-state index < -0.39 is 0 Å². The zero-order chi connectivity index (χ0) is 23.5. The van der Waals surface area contributed by atoms with Crippen LogP contribution in [0, 0.1) is 0 Å². The molecule has 0 radical (unpaired) electrons. The highest BCUT2D eigenvalue weighted by Gasteiger charge is 2.26. The molecule has 3 aromatic carbocycles. The summed E-state index contributed by atoms with van der Waals surface area (Å²) in [7, 11) is 0. The Labute approximate surface area is 195 Å². The lowest BCUT2D eigenvalue weighted by Gasteiger charge is -2.30. The van der Waals surface area contributed by atoms with Crippen molar-refractivity contribution in [2.24, 2.45) is 11.5 Å². The molecular weight excluding hydrogens is 388 g/mol. The van der Waals surface area contributed by atoms with Gasteiger partial charge in [0.05, 0.1) is 0 Å². The minimum Gasteiger partial charge on any atom is -0.328 e. The fraction of sp³-hybridized carbons (Fsp3) is 0.533.